The Morgan fingerprint density at radius 1 is 1.11 bits per heavy atom. The number of hydrogen-bond donors (Lipinski definition) is 1. The molecule has 0 aliphatic carbocycles. The van der Waals surface area contributed by atoms with E-state index in [0.29, 0.717) is 32.7 Å². The van der Waals surface area contributed by atoms with Gasteiger partial charge in [0.2, 0.25) is 0 Å². The van der Waals surface area contributed by atoms with E-state index in [1.807, 2.05) is 0 Å². The molecule has 0 aromatic heterocycles. The van der Waals surface area contributed by atoms with Crippen LogP contribution < -0.4 is 19.7 Å². The quantitative estimate of drug-likeness (QED) is 0.352. The summed E-state index contributed by atoms with van der Waals surface area (Å²) in [7, 11) is 1.43. The predicted molar refractivity (Wildman–Crippen MR) is 132 cm³/mol. The molecule has 36 heavy (non-hydrogen) atoms. The molecule has 0 saturated carbocycles. The molecule has 4 rings (SSSR count). The van der Waals surface area contributed by atoms with Crippen molar-refractivity contribution in [3.8, 4) is 17.6 Å². The zero-order valence-electron chi connectivity index (χ0n) is 18.7. The molecule has 0 radical (unpaired) electrons. The first-order valence-electron chi connectivity index (χ1n) is 10.5. The minimum Gasteiger partial charge on any atom is -0.493 e. The normalized spacial score (nSPS) is 14.4. The summed E-state index contributed by atoms with van der Waals surface area (Å²) in [5.41, 5.74) is 1.39. The van der Waals surface area contributed by atoms with E-state index in [4.69, 9.17) is 9.47 Å². The number of hydrogen-bond acceptors (Lipinski definition) is 6. The lowest BCUT2D eigenvalue weighted by atomic mass is 10.1. The Bertz CT molecular complexity index is 1450. The number of urea groups is 1. The van der Waals surface area contributed by atoms with Gasteiger partial charge in [0.15, 0.2) is 11.5 Å². The number of nitrogens with one attached hydrogen (secondary N) is 1. The number of halogens is 2. The van der Waals surface area contributed by atoms with Crippen LogP contribution in [0, 0.1) is 17.1 Å². The molecule has 10 heteroatoms. The third-order valence-corrected chi connectivity index (χ3v) is 5.85. The number of imide groups is 2. The zero-order chi connectivity index (χ0) is 25.8. The average Bonchev–Trinajstić information content (AvgIpc) is 2.86. The van der Waals surface area contributed by atoms with Crippen LogP contribution in [-0.2, 0) is 16.2 Å². The molecular weight excluding hydrogens is 533 g/mol. The number of barbiturate groups is 1. The van der Waals surface area contributed by atoms with Gasteiger partial charge in [0, 0.05) is 5.56 Å². The molecule has 0 spiro atoms. The molecule has 4 amide bonds. The number of anilines is 1. The average molecular weight is 550 g/mol. The Morgan fingerprint density at radius 2 is 1.83 bits per heavy atom. The maximum absolute atomic E-state index is 13.3. The van der Waals surface area contributed by atoms with Crippen LogP contribution in [0.1, 0.15) is 16.7 Å². The number of ether oxygens (including phenoxy) is 2. The minimum absolute atomic E-state index is 0.106. The number of carbonyl (C=O) groups is 3. The fourth-order valence-corrected chi connectivity index (χ4v) is 4.09. The molecule has 1 aliphatic rings. The second-order valence-electron chi connectivity index (χ2n) is 7.53. The Hall–Kier alpha value is -4.49. The van der Waals surface area contributed by atoms with Gasteiger partial charge < -0.3 is 9.47 Å². The third-order valence-electron chi connectivity index (χ3n) is 5.26. The van der Waals surface area contributed by atoms with Crippen LogP contribution in [0.15, 0.2) is 70.7 Å². The first-order chi connectivity index (χ1) is 17.3. The van der Waals surface area contributed by atoms with E-state index in [1.165, 1.54) is 25.3 Å². The molecule has 3 aromatic carbocycles. The van der Waals surface area contributed by atoms with Gasteiger partial charge in [-0.3, -0.25) is 14.9 Å². The molecule has 0 bridgehead atoms. The lowest BCUT2D eigenvalue weighted by molar-refractivity contribution is -0.122. The molecule has 0 atom stereocenters. The minimum atomic E-state index is -0.936. The second-order valence-corrected chi connectivity index (χ2v) is 8.38. The molecule has 0 unspecified atom stereocenters. The van der Waals surface area contributed by atoms with Crippen molar-refractivity contribution in [1.29, 1.82) is 5.26 Å². The molecule has 1 N–H and O–H groups in total. The summed E-state index contributed by atoms with van der Waals surface area (Å²) in [5, 5.41) is 11.4. The van der Waals surface area contributed by atoms with Crippen molar-refractivity contribution in [2.75, 3.05) is 12.0 Å². The van der Waals surface area contributed by atoms with E-state index >= 15 is 0 Å². The van der Waals surface area contributed by atoms with Crippen molar-refractivity contribution in [2.45, 2.75) is 6.61 Å². The highest BCUT2D eigenvalue weighted by atomic mass is 79.9. The third kappa shape index (κ3) is 4.96. The van der Waals surface area contributed by atoms with Crippen LogP contribution in [0.25, 0.3) is 6.08 Å². The number of rotatable bonds is 6. The Kier molecular flexibility index (Phi) is 7.12. The fourth-order valence-electron chi connectivity index (χ4n) is 3.52. The van der Waals surface area contributed by atoms with Crippen LogP contribution >= 0.6 is 15.9 Å². The summed E-state index contributed by atoms with van der Waals surface area (Å²) in [5.74, 6) is -1.60. The molecular formula is C26H17BrFN3O5. The largest absolute Gasteiger partial charge is 0.493 e. The number of methoxy groups -OCH3 is 1. The lowest BCUT2D eigenvalue weighted by Crippen LogP contribution is -2.54. The molecule has 1 fully saturated rings. The van der Waals surface area contributed by atoms with Crippen molar-refractivity contribution in [1.82, 2.24) is 5.32 Å². The summed E-state index contributed by atoms with van der Waals surface area (Å²) < 4.78 is 25.1. The summed E-state index contributed by atoms with van der Waals surface area (Å²) in [6.45, 7) is 0.106. The Balaban J connectivity index is 1.65. The summed E-state index contributed by atoms with van der Waals surface area (Å²) in [6.07, 6.45) is 1.31. The van der Waals surface area contributed by atoms with Crippen LogP contribution in [0.3, 0.4) is 0 Å². The van der Waals surface area contributed by atoms with Gasteiger partial charge in [-0.25, -0.2) is 14.1 Å². The number of carbonyl (C=O) groups excluding carboxylic acids is 3. The van der Waals surface area contributed by atoms with E-state index in [9.17, 15) is 24.0 Å². The highest BCUT2D eigenvalue weighted by Crippen LogP contribution is 2.38. The van der Waals surface area contributed by atoms with E-state index in [0.717, 1.165) is 17.0 Å². The predicted octanol–water partition coefficient (Wildman–Crippen LogP) is 4.71. The monoisotopic (exact) mass is 549 g/mol. The first kappa shape index (κ1) is 24.6. The molecule has 180 valence electrons. The fraction of sp³-hybridized carbons (Fsp3) is 0.0769. The van der Waals surface area contributed by atoms with Crippen molar-refractivity contribution < 1.29 is 28.2 Å². The van der Waals surface area contributed by atoms with Gasteiger partial charge in [-0.05, 0) is 70.0 Å². The molecule has 1 aliphatic heterocycles. The van der Waals surface area contributed by atoms with E-state index in [2.05, 4.69) is 27.3 Å². The van der Waals surface area contributed by atoms with Crippen LogP contribution in [0.2, 0.25) is 0 Å². The molecule has 1 heterocycles. The van der Waals surface area contributed by atoms with Crippen molar-refractivity contribution in [3.05, 3.63) is 93.2 Å². The van der Waals surface area contributed by atoms with E-state index in [-0.39, 0.29) is 17.9 Å². The lowest BCUT2D eigenvalue weighted by Gasteiger charge is -2.26. The maximum atomic E-state index is 13.3. The van der Waals surface area contributed by atoms with Gasteiger partial charge in [0.25, 0.3) is 11.8 Å². The van der Waals surface area contributed by atoms with E-state index in [1.54, 1.807) is 36.4 Å². The Labute approximate surface area is 213 Å². The van der Waals surface area contributed by atoms with Gasteiger partial charge >= 0.3 is 6.03 Å². The SMILES string of the molecule is COc1cc(/C=C2\C(=O)NC(=O)N(c3ccc(F)cc3)C2=O)cc(Br)c1OCc1ccccc1C#N. The summed E-state index contributed by atoms with van der Waals surface area (Å²) in [4.78, 5) is 38.6. The van der Waals surface area contributed by atoms with Gasteiger partial charge in [0.1, 0.15) is 18.0 Å². The number of benzene rings is 3. The highest BCUT2D eigenvalue weighted by molar-refractivity contribution is 9.10. The second kappa shape index (κ2) is 10.4. The van der Waals surface area contributed by atoms with E-state index < -0.39 is 23.7 Å². The Morgan fingerprint density at radius 3 is 2.53 bits per heavy atom. The number of amides is 4. The molecule has 3 aromatic rings. The van der Waals surface area contributed by atoms with Crippen LogP contribution in [-0.4, -0.2) is 25.0 Å². The topological polar surface area (TPSA) is 109 Å². The standard InChI is InChI=1S/C26H17BrFN3O5/c1-35-22-12-15(11-21(27)23(22)36-14-17-5-3-2-4-16(17)13-29)10-20-24(32)30-26(34)31(25(20)33)19-8-6-18(28)7-9-19/h2-12H,14H2,1H3,(H,30,32,34)/b20-10+. The van der Waals surface area contributed by atoms with Gasteiger partial charge in [0.05, 0.1) is 28.9 Å². The van der Waals surface area contributed by atoms with Crippen molar-refractivity contribution in [2.24, 2.45) is 0 Å². The summed E-state index contributed by atoms with van der Waals surface area (Å²) >= 11 is 3.42. The van der Waals surface area contributed by atoms with Crippen LogP contribution in [0.4, 0.5) is 14.9 Å². The van der Waals surface area contributed by atoms with Gasteiger partial charge in [-0.15, -0.1) is 0 Å². The summed E-state index contributed by atoms with van der Waals surface area (Å²) in [6, 6.07) is 16.1. The number of nitrogens with zero attached hydrogens (tertiary/aromatic N) is 2. The molecule has 1 saturated heterocycles. The molecule has 8 nitrogen and oxygen atoms in total. The van der Waals surface area contributed by atoms with Crippen LogP contribution in [0.5, 0.6) is 11.5 Å². The zero-order valence-corrected chi connectivity index (χ0v) is 20.3. The highest BCUT2D eigenvalue weighted by Gasteiger charge is 2.36. The van der Waals surface area contributed by atoms with Gasteiger partial charge in [-0.2, -0.15) is 5.26 Å². The van der Waals surface area contributed by atoms with Gasteiger partial charge in [-0.1, -0.05) is 18.2 Å². The smallest absolute Gasteiger partial charge is 0.335 e. The van der Waals surface area contributed by atoms with Crippen molar-refractivity contribution in [3.63, 3.8) is 0 Å². The maximum Gasteiger partial charge on any atom is 0.335 e. The van der Waals surface area contributed by atoms with Crippen molar-refractivity contribution >= 4 is 45.5 Å². The first-order valence-corrected chi connectivity index (χ1v) is 11.3. The number of nitriles is 1.